The predicted octanol–water partition coefficient (Wildman–Crippen LogP) is 1.60. The zero-order valence-electron chi connectivity index (χ0n) is 16.4. The molecule has 1 amide bonds. The molecule has 0 fully saturated rings. The molecule has 1 aromatic carbocycles. The van der Waals surface area contributed by atoms with Crippen LogP contribution in [0.15, 0.2) is 30.3 Å². The van der Waals surface area contributed by atoms with Crippen LogP contribution in [0.4, 0.5) is 0 Å². The van der Waals surface area contributed by atoms with E-state index in [0.717, 1.165) is 13.0 Å². The molecule has 7 nitrogen and oxygen atoms in total. The fourth-order valence-electron chi connectivity index (χ4n) is 2.74. The quantitative estimate of drug-likeness (QED) is 0.326. The lowest BCUT2D eigenvalue weighted by atomic mass is 9.92. The molecule has 0 aliphatic heterocycles. The summed E-state index contributed by atoms with van der Waals surface area (Å²) in [6, 6.07) is 10.1. The molecule has 0 heterocycles. The molecule has 1 rings (SSSR count). The van der Waals surface area contributed by atoms with Gasteiger partial charge in [0.1, 0.15) is 0 Å². The third kappa shape index (κ3) is 7.38. The van der Waals surface area contributed by atoms with Gasteiger partial charge in [-0.25, -0.2) is 9.59 Å². The zero-order chi connectivity index (χ0) is 20.1. The van der Waals surface area contributed by atoms with Crippen LogP contribution in [0.5, 0.6) is 0 Å². The Morgan fingerprint density at radius 3 is 2.07 bits per heavy atom. The first-order valence-corrected chi connectivity index (χ1v) is 9.34. The summed E-state index contributed by atoms with van der Waals surface area (Å²) in [5, 5.41) is 5.75. The van der Waals surface area contributed by atoms with E-state index in [9.17, 15) is 14.4 Å². The maximum absolute atomic E-state index is 12.5. The van der Waals surface area contributed by atoms with Gasteiger partial charge in [0.2, 0.25) is 11.4 Å². The lowest BCUT2D eigenvalue weighted by Gasteiger charge is -2.29. The van der Waals surface area contributed by atoms with Crippen molar-refractivity contribution in [3.63, 3.8) is 0 Å². The van der Waals surface area contributed by atoms with Crippen LogP contribution in [0.1, 0.15) is 39.2 Å². The third-order valence-electron chi connectivity index (χ3n) is 3.98. The summed E-state index contributed by atoms with van der Waals surface area (Å²) in [6.07, 6.45) is 1.47. The van der Waals surface area contributed by atoms with Crippen molar-refractivity contribution in [1.82, 2.24) is 10.6 Å². The number of rotatable bonds is 12. The van der Waals surface area contributed by atoms with Crippen LogP contribution in [0.3, 0.4) is 0 Å². The first kappa shape index (κ1) is 22.6. The van der Waals surface area contributed by atoms with Gasteiger partial charge in [-0.15, -0.1) is 0 Å². The highest BCUT2D eigenvalue weighted by Gasteiger charge is 2.49. The number of hydrogen-bond acceptors (Lipinski definition) is 6. The van der Waals surface area contributed by atoms with E-state index >= 15 is 0 Å². The second-order valence-electron chi connectivity index (χ2n) is 6.12. The van der Waals surface area contributed by atoms with Crippen LogP contribution >= 0.6 is 0 Å². The Labute approximate surface area is 160 Å². The summed E-state index contributed by atoms with van der Waals surface area (Å²) < 4.78 is 10.1. The summed E-state index contributed by atoms with van der Waals surface area (Å²) in [5.41, 5.74) is -0.575. The first-order valence-electron chi connectivity index (χ1n) is 9.34. The normalized spacial score (nSPS) is 10.9. The van der Waals surface area contributed by atoms with Crippen molar-refractivity contribution in [2.75, 3.05) is 26.3 Å². The highest BCUT2D eigenvalue weighted by Crippen LogP contribution is 2.18. The molecule has 0 radical (unpaired) electrons. The maximum atomic E-state index is 12.5. The van der Waals surface area contributed by atoms with E-state index < -0.39 is 23.4 Å². The van der Waals surface area contributed by atoms with Crippen molar-refractivity contribution in [2.24, 2.45) is 0 Å². The average Bonchev–Trinajstić information content (AvgIpc) is 2.64. The maximum Gasteiger partial charge on any atom is 0.343 e. The number of carbonyl (C=O) groups is 3. The number of esters is 2. The average molecular weight is 378 g/mol. The molecule has 0 aromatic heterocycles. The Balaban J connectivity index is 2.64. The zero-order valence-corrected chi connectivity index (χ0v) is 16.4. The van der Waals surface area contributed by atoms with Gasteiger partial charge in [-0.1, -0.05) is 30.3 Å². The van der Waals surface area contributed by atoms with E-state index in [1.165, 1.54) is 12.5 Å². The Morgan fingerprint density at radius 1 is 0.963 bits per heavy atom. The van der Waals surface area contributed by atoms with Crippen molar-refractivity contribution in [2.45, 2.75) is 45.6 Å². The number of hydrogen-bond donors (Lipinski definition) is 2. The molecule has 7 heteroatoms. The molecule has 1 aromatic rings. The van der Waals surface area contributed by atoms with E-state index in [2.05, 4.69) is 22.8 Å². The van der Waals surface area contributed by atoms with Crippen LogP contribution < -0.4 is 10.6 Å². The minimum Gasteiger partial charge on any atom is -0.464 e. The monoisotopic (exact) mass is 378 g/mol. The minimum atomic E-state index is -1.81. The minimum absolute atomic E-state index is 0.0998. The number of carbonyl (C=O) groups excluding carboxylic acids is 3. The SMILES string of the molecule is CCOC(=O)C(CCCNCCc1ccccc1)(NC(C)=O)C(=O)OCC. The van der Waals surface area contributed by atoms with Crippen molar-refractivity contribution in [3.05, 3.63) is 35.9 Å². The molecule has 0 saturated carbocycles. The molecular formula is C20H30N2O5. The molecule has 0 aliphatic rings. The Bertz CT molecular complexity index is 586. The van der Waals surface area contributed by atoms with E-state index in [0.29, 0.717) is 13.0 Å². The summed E-state index contributed by atoms with van der Waals surface area (Å²) >= 11 is 0. The largest absolute Gasteiger partial charge is 0.464 e. The topological polar surface area (TPSA) is 93.7 Å². The molecule has 0 atom stereocenters. The second-order valence-corrected chi connectivity index (χ2v) is 6.12. The van der Waals surface area contributed by atoms with Crippen LogP contribution in [-0.4, -0.2) is 49.7 Å². The fourth-order valence-corrected chi connectivity index (χ4v) is 2.74. The molecular weight excluding hydrogens is 348 g/mol. The second kappa shape index (κ2) is 12.1. The van der Waals surface area contributed by atoms with Crippen molar-refractivity contribution in [3.8, 4) is 0 Å². The van der Waals surface area contributed by atoms with Gasteiger partial charge in [0, 0.05) is 6.92 Å². The van der Waals surface area contributed by atoms with Gasteiger partial charge in [-0.3, -0.25) is 4.79 Å². The van der Waals surface area contributed by atoms with Gasteiger partial charge in [0.25, 0.3) is 0 Å². The summed E-state index contributed by atoms with van der Waals surface area (Å²) in [5.74, 6) is -2.07. The molecule has 0 unspecified atom stereocenters. The number of amides is 1. The lowest BCUT2D eigenvalue weighted by Crippen LogP contribution is -2.61. The first-order chi connectivity index (χ1) is 13.0. The van der Waals surface area contributed by atoms with Gasteiger partial charge < -0.3 is 20.1 Å². The van der Waals surface area contributed by atoms with Gasteiger partial charge in [0.15, 0.2) is 0 Å². The van der Waals surface area contributed by atoms with E-state index in [-0.39, 0.29) is 19.6 Å². The predicted molar refractivity (Wildman–Crippen MR) is 102 cm³/mol. The summed E-state index contributed by atoms with van der Waals surface area (Å²) in [4.78, 5) is 36.6. The van der Waals surface area contributed by atoms with Gasteiger partial charge in [-0.2, -0.15) is 0 Å². The van der Waals surface area contributed by atoms with Gasteiger partial charge >= 0.3 is 11.9 Å². The van der Waals surface area contributed by atoms with Crippen LogP contribution in [0.2, 0.25) is 0 Å². The fraction of sp³-hybridized carbons (Fsp3) is 0.550. The van der Waals surface area contributed by atoms with E-state index in [1.807, 2.05) is 18.2 Å². The standard InChI is InChI=1S/C20H30N2O5/c1-4-26-18(24)20(22-16(3)23,19(25)27-5-2)13-9-14-21-15-12-17-10-7-6-8-11-17/h6-8,10-11,21H,4-5,9,12-15H2,1-3H3,(H,22,23). The Kier molecular flexibility index (Phi) is 10.1. The third-order valence-corrected chi connectivity index (χ3v) is 3.98. The Hall–Kier alpha value is -2.41. The number of benzene rings is 1. The molecule has 0 aliphatic carbocycles. The molecule has 150 valence electrons. The van der Waals surface area contributed by atoms with E-state index in [1.54, 1.807) is 13.8 Å². The molecule has 0 saturated heterocycles. The van der Waals surface area contributed by atoms with Gasteiger partial charge in [-0.05, 0) is 51.8 Å². The lowest BCUT2D eigenvalue weighted by molar-refractivity contribution is -0.168. The van der Waals surface area contributed by atoms with Crippen LogP contribution in [-0.2, 0) is 30.3 Å². The van der Waals surface area contributed by atoms with Crippen molar-refractivity contribution < 1.29 is 23.9 Å². The highest BCUT2D eigenvalue weighted by atomic mass is 16.6. The van der Waals surface area contributed by atoms with Crippen molar-refractivity contribution >= 4 is 17.8 Å². The molecule has 27 heavy (non-hydrogen) atoms. The number of ether oxygens (including phenoxy) is 2. The summed E-state index contributed by atoms with van der Waals surface area (Å²) in [7, 11) is 0. The molecule has 0 bridgehead atoms. The number of nitrogens with one attached hydrogen (secondary N) is 2. The molecule has 0 spiro atoms. The van der Waals surface area contributed by atoms with Crippen LogP contribution in [0, 0.1) is 0 Å². The Morgan fingerprint density at radius 2 is 1.56 bits per heavy atom. The molecule has 2 N–H and O–H groups in total. The summed E-state index contributed by atoms with van der Waals surface area (Å²) in [6.45, 7) is 6.12. The van der Waals surface area contributed by atoms with Gasteiger partial charge in [0.05, 0.1) is 13.2 Å². The smallest absolute Gasteiger partial charge is 0.343 e. The van der Waals surface area contributed by atoms with Crippen LogP contribution in [0.25, 0.3) is 0 Å². The van der Waals surface area contributed by atoms with Crippen molar-refractivity contribution in [1.29, 1.82) is 0 Å². The highest BCUT2D eigenvalue weighted by molar-refractivity contribution is 6.07. The van der Waals surface area contributed by atoms with E-state index in [4.69, 9.17) is 9.47 Å².